The minimum Gasteiger partial charge on any atom is -0.493 e. The Hall–Kier alpha value is -2.82. The number of carbonyl (C=O) groups excluding carboxylic acids is 1. The molecular formula is C24H33N3O6S. The number of nitrogens with zero attached hydrogens (tertiary/aromatic N) is 2. The van der Waals surface area contributed by atoms with Crippen LogP contribution in [-0.2, 0) is 19.6 Å². The number of methoxy groups -OCH3 is 2. The van der Waals surface area contributed by atoms with Crippen LogP contribution in [0.4, 0.5) is 5.69 Å². The number of aryl methyl sites for hydroxylation is 1. The smallest absolute Gasteiger partial charge is 0.264 e. The summed E-state index contributed by atoms with van der Waals surface area (Å²) in [5.74, 6) is 0.341. The number of rotatable bonds is 11. The molecule has 2 aromatic rings. The van der Waals surface area contributed by atoms with Crippen molar-refractivity contribution >= 4 is 21.6 Å². The fraction of sp³-hybridized carbons (Fsp3) is 0.458. The summed E-state index contributed by atoms with van der Waals surface area (Å²) in [4.78, 5) is 15.0. The van der Waals surface area contributed by atoms with Crippen LogP contribution in [0.15, 0.2) is 47.4 Å². The van der Waals surface area contributed by atoms with Crippen LogP contribution < -0.4 is 19.1 Å². The summed E-state index contributed by atoms with van der Waals surface area (Å²) >= 11 is 0. The van der Waals surface area contributed by atoms with Crippen molar-refractivity contribution in [3.05, 3.63) is 48.0 Å². The second-order valence-electron chi connectivity index (χ2n) is 8.02. The average Bonchev–Trinajstić information content (AvgIpc) is 2.86. The van der Waals surface area contributed by atoms with Crippen LogP contribution in [0.2, 0.25) is 0 Å². The molecule has 186 valence electrons. The lowest BCUT2D eigenvalue weighted by molar-refractivity contribution is -0.119. The molecule has 0 aliphatic carbocycles. The molecule has 1 fully saturated rings. The minimum absolute atomic E-state index is 0.00541. The number of carbonyl (C=O) groups is 1. The monoisotopic (exact) mass is 491 g/mol. The number of benzene rings is 2. The highest BCUT2D eigenvalue weighted by Gasteiger charge is 2.28. The third-order valence-corrected chi connectivity index (χ3v) is 7.40. The van der Waals surface area contributed by atoms with Gasteiger partial charge in [0.1, 0.15) is 6.54 Å². The Morgan fingerprint density at radius 3 is 2.38 bits per heavy atom. The lowest BCUT2D eigenvalue weighted by atomic mass is 10.2. The third kappa shape index (κ3) is 6.62. The molecule has 3 rings (SSSR count). The van der Waals surface area contributed by atoms with Gasteiger partial charge in [-0.05, 0) is 44.2 Å². The molecule has 0 unspecified atom stereocenters. The highest BCUT2D eigenvalue weighted by molar-refractivity contribution is 7.92. The van der Waals surface area contributed by atoms with Gasteiger partial charge in [-0.25, -0.2) is 8.42 Å². The van der Waals surface area contributed by atoms with Gasteiger partial charge in [0, 0.05) is 25.7 Å². The van der Waals surface area contributed by atoms with Gasteiger partial charge in [-0.15, -0.1) is 0 Å². The summed E-state index contributed by atoms with van der Waals surface area (Å²) in [6, 6.07) is 11.4. The molecule has 0 aromatic heterocycles. The van der Waals surface area contributed by atoms with Crippen molar-refractivity contribution < 1.29 is 27.4 Å². The van der Waals surface area contributed by atoms with Crippen LogP contribution in [0.1, 0.15) is 12.0 Å². The predicted molar refractivity (Wildman–Crippen MR) is 130 cm³/mol. The van der Waals surface area contributed by atoms with Crippen molar-refractivity contribution in [3.63, 3.8) is 0 Å². The Bertz CT molecular complexity index is 1050. The molecule has 0 bridgehead atoms. The van der Waals surface area contributed by atoms with Gasteiger partial charge in [0.15, 0.2) is 11.5 Å². The standard InChI is InChI=1S/C24H33N3O6S/c1-19-5-7-20(8-6-19)27(18-24(28)25-11-4-12-26-13-15-33-16-14-26)34(29,30)21-9-10-22(31-2)23(17-21)32-3/h5-10,17H,4,11-16,18H2,1-3H3,(H,25,28). The number of anilines is 1. The zero-order valence-electron chi connectivity index (χ0n) is 20.0. The molecule has 10 heteroatoms. The zero-order chi connectivity index (χ0) is 24.6. The Kier molecular flexibility index (Phi) is 9.14. The van der Waals surface area contributed by atoms with E-state index in [1.807, 2.05) is 19.1 Å². The maximum absolute atomic E-state index is 13.6. The summed E-state index contributed by atoms with van der Waals surface area (Å²) in [5.41, 5.74) is 1.39. The SMILES string of the molecule is COc1ccc(S(=O)(=O)N(CC(=O)NCCCN2CCOCC2)c2ccc(C)cc2)cc1OC. The van der Waals surface area contributed by atoms with E-state index in [0.717, 1.165) is 49.1 Å². The molecule has 1 aliphatic rings. The molecule has 1 N–H and O–H groups in total. The highest BCUT2D eigenvalue weighted by Crippen LogP contribution is 2.32. The lowest BCUT2D eigenvalue weighted by Gasteiger charge is -2.26. The zero-order valence-corrected chi connectivity index (χ0v) is 20.8. The average molecular weight is 492 g/mol. The van der Waals surface area contributed by atoms with Crippen molar-refractivity contribution in [2.75, 3.05) is 64.5 Å². The fourth-order valence-corrected chi connectivity index (χ4v) is 5.11. The van der Waals surface area contributed by atoms with E-state index >= 15 is 0 Å². The number of hydrogen-bond acceptors (Lipinski definition) is 7. The third-order valence-electron chi connectivity index (χ3n) is 5.63. The molecule has 34 heavy (non-hydrogen) atoms. The fourth-order valence-electron chi connectivity index (χ4n) is 3.67. The number of morpholine rings is 1. The lowest BCUT2D eigenvalue weighted by Crippen LogP contribution is -2.42. The van der Waals surface area contributed by atoms with Crippen molar-refractivity contribution in [1.82, 2.24) is 10.2 Å². The number of sulfonamides is 1. The minimum atomic E-state index is -4.05. The van der Waals surface area contributed by atoms with Crippen LogP contribution in [0.25, 0.3) is 0 Å². The summed E-state index contributed by atoms with van der Waals surface area (Å²) < 4.78 is 44.1. The van der Waals surface area contributed by atoms with Gasteiger partial charge in [0.05, 0.1) is 38.0 Å². The Labute approximate surface area is 201 Å². The quantitative estimate of drug-likeness (QED) is 0.481. The van der Waals surface area contributed by atoms with Crippen LogP contribution >= 0.6 is 0 Å². The first kappa shape index (κ1) is 25.8. The van der Waals surface area contributed by atoms with Gasteiger partial charge in [-0.1, -0.05) is 17.7 Å². The first-order valence-corrected chi connectivity index (χ1v) is 12.7. The van der Waals surface area contributed by atoms with E-state index in [0.29, 0.717) is 23.7 Å². The normalized spacial score (nSPS) is 14.4. The number of nitrogens with one attached hydrogen (secondary N) is 1. The maximum Gasteiger partial charge on any atom is 0.264 e. The van der Waals surface area contributed by atoms with Gasteiger partial charge in [-0.2, -0.15) is 0 Å². The summed E-state index contributed by atoms with van der Waals surface area (Å²) in [5, 5.41) is 2.85. The van der Waals surface area contributed by atoms with Gasteiger partial charge >= 0.3 is 0 Å². The van der Waals surface area contributed by atoms with E-state index in [4.69, 9.17) is 14.2 Å². The highest BCUT2D eigenvalue weighted by atomic mass is 32.2. The van der Waals surface area contributed by atoms with E-state index in [1.165, 1.54) is 32.4 Å². The second-order valence-corrected chi connectivity index (χ2v) is 9.88. The number of ether oxygens (including phenoxy) is 3. The molecule has 0 radical (unpaired) electrons. The van der Waals surface area contributed by atoms with E-state index in [2.05, 4.69) is 10.2 Å². The van der Waals surface area contributed by atoms with E-state index in [1.54, 1.807) is 12.1 Å². The van der Waals surface area contributed by atoms with Gasteiger partial charge in [0.25, 0.3) is 10.0 Å². The van der Waals surface area contributed by atoms with Gasteiger partial charge in [-0.3, -0.25) is 14.0 Å². The van der Waals surface area contributed by atoms with Crippen LogP contribution in [-0.4, -0.2) is 79.4 Å². The number of amides is 1. The molecule has 1 heterocycles. The van der Waals surface area contributed by atoms with Crippen molar-refractivity contribution in [1.29, 1.82) is 0 Å². The van der Waals surface area contributed by atoms with Crippen LogP contribution in [0.5, 0.6) is 11.5 Å². The number of hydrogen-bond donors (Lipinski definition) is 1. The molecule has 1 amide bonds. The molecular weight excluding hydrogens is 458 g/mol. The Morgan fingerprint density at radius 2 is 1.74 bits per heavy atom. The molecule has 1 saturated heterocycles. The Balaban J connectivity index is 1.74. The second kappa shape index (κ2) is 12.0. The van der Waals surface area contributed by atoms with Crippen LogP contribution in [0, 0.1) is 6.92 Å². The molecule has 0 atom stereocenters. The first-order valence-electron chi connectivity index (χ1n) is 11.2. The van der Waals surface area contributed by atoms with Crippen LogP contribution in [0.3, 0.4) is 0 Å². The Morgan fingerprint density at radius 1 is 1.06 bits per heavy atom. The van der Waals surface area contributed by atoms with Crippen molar-refractivity contribution in [2.24, 2.45) is 0 Å². The van der Waals surface area contributed by atoms with Crippen molar-refractivity contribution in [2.45, 2.75) is 18.2 Å². The van der Waals surface area contributed by atoms with E-state index in [9.17, 15) is 13.2 Å². The molecule has 1 aliphatic heterocycles. The summed E-state index contributed by atoms with van der Waals surface area (Å²) in [7, 11) is -1.13. The van der Waals surface area contributed by atoms with Gasteiger partial charge < -0.3 is 19.5 Å². The maximum atomic E-state index is 13.6. The summed E-state index contributed by atoms with van der Waals surface area (Å²) in [6.07, 6.45) is 0.776. The molecule has 9 nitrogen and oxygen atoms in total. The summed E-state index contributed by atoms with van der Waals surface area (Å²) in [6.45, 7) is 6.13. The molecule has 0 saturated carbocycles. The van der Waals surface area contributed by atoms with Gasteiger partial charge in [0.2, 0.25) is 5.91 Å². The van der Waals surface area contributed by atoms with E-state index < -0.39 is 10.0 Å². The molecule has 2 aromatic carbocycles. The topological polar surface area (TPSA) is 97.4 Å². The molecule has 0 spiro atoms. The largest absolute Gasteiger partial charge is 0.493 e. The first-order chi connectivity index (χ1) is 16.3. The van der Waals surface area contributed by atoms with Crippen molar-refractivity contribution in [3.8, 4) is 11.5 Å². The predicted octanol–water partition coefficient (Wildman–Crippen LogP) is 2.05. The van der Waals surface area contributed by atoms with E-state index in [-0.39, 0.29) is 17.3 Å².